The largest absolute Gasteiger partial charge is 0.489 e. The van der Waals surface area contributed by atoms with Crippen LogP contribution in [-0.2, 0) is 0 Å². The summed E-state index contributed by atoms with van der Waals surface area (Å²) >= 11 is 0. The van der Waals surface area contributed by atoms with Gasteiger partial charge >= 0.3 is 6.61 Å². The smallest absolute Gasteiger partial charge is 0.387 e. The van der Waals surface area contributed by atoms with Crippen molar-refractivity contribution in [2.45, 2.75) is 13.5 Å². The fourth-order valence-electron chi connectivity index (χ4n) is 3.73. The summed E-state index contributed by atoms with van der Waals surface area (Å²) in [6.45, 7) is -1.41. The molecule has 0 saturated carbocycles. The van der Waals surface area contributed by atoms with E-state index in [1.807, 2.05) is 0 Å². The quantitative estimate of drug-likeness (QED) is 0.185. The number of allylic oxidation sites excluding steroid dienone is 1. The molecule has 0 aliphatic carbocycles. The second kappa shape index (κ2) is 10.3. The molecule has 36 heavy (non-hydrogen) atoms. The second-order valence-corrected chi connectivity index (χ2v) is 7.65. The second-order valence-electron chi connectivity index (χ2n) is 7.65. The maximum Gasteiger partial charge on any atom is 0.387 e. The number of fused-ring (bicyclic) bond motifs is 1. The fourth-order valence-corrected chi connectivity index (χ4v) is 3.73. The van der Waals surface area contributed by atoms with Crippen molar-refractivity contribution in [1.82, 2.24) is 0 Å². The molecule has 0 aromatic heterocycles. The van der Waals surface area contributed by atoms with Crippen LogP contribution in [0.2, 0.25) is 0 Å². The molecule has 0 atom stereocenters. The zero-order valence-electron chi connectivity index (χ0n) is 18.6. The predicted molar refractivity (Wildman–Crippen MR) is 122 cm³/mol. The van der Waals surface area contributed by atoms with Crippen LogP contribution in [-0.4, -0.2) is 13.2 Å². The monoisotopic (exact) mass is 506 g/mol. The van der Waals surface area contributed by atoms with Gasteiger partial charge in [-0.15, -0.1) is 0 Å². The maximum absolute atomic E-state index is 15.0. The van der Waals surface area contributed by atoms with Crippen LogP contribution in [0, 0.1) is 29.1 Å². The van der Waals surface area contributed by atoms with Crippen LogP contribution in [0.1, 0.15) is 6.92 Å². The molecule has 0 aliphatic heterocycles. The van der Waals surface area contributed by atoms with Gasteiger partial charge in [-0.25, -0.2) is 22.0 Å². The third kappa shape index (κ3) is 5.00. The Bertz CT molecular complexity index is 1440. The van der Waals surface area contributed by atoms with E-state index < -0.39 is 47.0 Å². The molecular weight excluding hydrogens is 489 g/mol. The Morgan fingerprint density at radius 1 is 0.778 bits per heavy atom. The highest BCUT2D eigenvalue weighted by atomic mass is 19.3. The standard InChI is InChI=1S/C27H17F7O2/c1-2-3-8-35-17-5-7-18(20(28)13-17)16-10-21(29)24(22(30)11-16)14-4-6-19-15(9-14)12-23(31)26(25(19)32)36-27(33)34/h2-7,9-13,27H,8H2,1H3. The van der Waals surface area contributed by atoms with Crippen molar-refractivity contribution in [1.29, 1.82) is 0 Å². The first-order chi connectivity index (χ1) is 17.2. The van der Waals surface area contributed by atoms with Gasteiger partial charge in [0.2, 0.25) is 0 Å². The molecule has 4 aromatic rings. The first-order valence-corrected chi connectivity index (χ1v) is 10.6. The van der Waals surface area contributed by atoms with Gasteiger partial charge in [-0.3, -0.25) is 0 Å². The van der Waals surface area contributed by atoms with Gasteiger partial charge in [0.1, 0.15) is 29.8 Å². The molecule has 186 valence electrons. The van der Waals surface area contributed by atoms with E-state index in [4.69, 9.17) is 4.74 Å². The van der Waals surface area contributed by atoms with Gasteiger partial charge in [0.05, 0.1) is 5.56 Å². The number of ether oxygens (including phenoxy) is 2. The van der Waals surface area contributed by atoms with E-state index in [0.29, 0.717) is 0 Å². The van der Waals surface area contributed by atoms with Gasteiger partial charge < -0.3 is 9.47 Å². The lowest BCUT2D eigenvalue weighted by atomic mass is 9.96. The average molecular weight is 506 g/mol. The topological polar surface area (TPSA) is 18.5 Å². The summed E-state index contributed by atoms with van der Waals surface area (Å²) in [4.78, 5) is 0. The maximum atomic E-state index is 15.0. The van der Waals surface area contributed by atoms with Gasteiger partial charge in [-0.2, -0.15) is 8.78 Å². The molecule has 9 heteroatoms. The van der Waals surface area contributed by atoms with E-state index in [2.05, 4.69) is 4.74 Å². The molecular formula is C27H17F7O2. The van der Waals surface area contributed by atoms with E-state index in [1.165, 1.54) is 12.1 Å². The SMILES string of the molecule is CC=CCOc1ccc(-c2cc(F)c(-c3ccc4c(F)c(OC(F)F)c(F)cc4c3)c(F)c2)c(F)c1. The summed E-state index contributed by atoms with van der Waals surface area (Å²) in [5, 5.41) is -0.418. The number of hydrogen-bond acceptors (Lipinski definition) is 2. The summed E-state index contributed by atoms with van der Waals surface area (Å²) < 4.78 is 107. The van der Waals surface area contributed by atoms with Crippen LogP contribution in [0.4, 0.5) is 30.7 Å². The molecule has 2 nitrogen and oxygen atoms in total. The Morgan fingerprint density at radius 3 is 2.14 bits per heavy atom. The highest BCUT2D eigenvalue weighted by molar-refractivity contribution is 5.89. The molecule has 0 aliphatic rings. The number of benzene rings is 4. The van der Waals surface area contributed by atoms with Crippen molar-refractivity contribution in [3.05, 3.63) is 95.8 Å². The number of hydrogen-bond donors (Lipinski definition) is 0. The Balaban J connectivity index is 1.71. The van der Waals surface area contributed by atoms with E-state index in [0.717, 1.165) is 42.5 Å². The van der Waals surface area contributed by atoms with Crippen LogP contribution in [0.3, 0.4) is 0 Å². The summed E-state index contributed by atoms with van der Waals surface area (Å²) in [6, 6.07) is 9.79. The lowest BCUT2D eigenvalue weighted by Crippen LogP contribution is -2.06. The van der Waals surface area contributed by atoms with Crippen LogP contribution < -0.4 is 9.47 Å². The zero-order chi connectivity index (χ0) is 26.0. The lowest BCUT2D eigenvalue weighted by molar-refractivity contribution is -0.0544. The molecule has 0 saturated heterocycles. The average Bonchev–Trinajstić information content (AvgIpc) is 2.81. The molecule has 0 spiro atoms. The summed E-state index contributed by atoms with van der Waals surface area (Å²) in [5.74, 6) is -6.63. The Labute approximate surface area is 201 Å². The van der Waals surface area contributed by atoms with Crippen molar-refractivity contribution in [2.75, 3.05) is 6.61 Å². The van der Waals surface area contributed by atoms with Crippen molar-refractivity contribution in [3.8, 4) is 33.8 Å². The highest BCUT2D eigenvalue weighted by Crippen LogP contribution is 2.37. The normalized spacial score (nSPS) is 11.6. The van der Waals surface area contributed by atoms with Gasteiger partial charge in [0.25, 0.3) is 0 Å². The van der Waals surface area contributed by atoms with E-state index in [1.54, 1.807) is 19.1 Å². The molecule has 0 bridgehead atoms. The molecule has 4 aromatic carbocycles. The molecule has 0 amide bonds. The van der Waals surface area contributed by atoms with E-state index in [9.17, 15) is 22.0 Å². The van der Waals surface area contributed by atoms with Gasteiger partial charge in [-0.1, -0.05) is 24.3 Å². The third-order valence-electron chi connectivity index (χ3n) is 5.36. The van der Waals surface area contributed by atoms with E-state index >= 15 is 8.78 Å². The van der Waals surface area contributed by atoms with Gasteiger partial charge in [0, 0.05) is 17.0 Å². The van der Waals surface area contributed by atoms with Crippen LogP contribution in [0.5, 0.6) is 11.5 Å². The Kier molecular flexibility index (Phi) is 7.19. The molecule has 4 rings (SSSR count). The van der Waals surface area contributed by atoms with Crippen molar-refractivity contribution < 1.29 is 40.2 Å². The minimum absolute atomic E-state index is 0.0630. The van der Waals surface area contributed by atoms with Crippen molar-refractivity contribution in [2.24, 2.45) is 0 Å². The highest BCUT2D eigenvalue weighted by Gasteiger charge is 2.21. The van der Waals surface area contributed by atoms with Gasteiger partial charge in [0.15, 0.2) is 17.4 Å². The number of rotatable bonds is 7. The predicted octanol–water partition coefficient (Wildman–Crippen LogP) is 8.43. The van der Waals surface area contributed by atoms with Crippen LogP contribution >= 0.6 is 0 Å². The van der Waals surface area contributed by atoms with Gasteiger partial charge in [-0.05, 0) is 59.8 Å². The lowest BCUT2D eigenvalue weighted by Gasteiger charge is -2.13. The molecule has 0 unspecified atom stereocenters. The molecule has 0 N–H and O–H groups in total. The Morgan fingerprint density at radius 2 is 1.50 bits per heavy atom. The molecule has 0 radical (unpaired) electrons. The van der Waals surface area contributed by atoms with Crippen molar-refractivity contribution in [3.63, 3.8) is 0 Å². The summed E-state index contributed by atoms with van der Waals surface area (Å²) in [6.07, 6.45) is 3.49. The minimum atomic E-state index is -3.45. The first kappa shape index (κ1) is 25.1. The molecule has 0 heterocycles. The van der Waals surface area contributed by atoms with Crippen molar-refractivity contribution >= 4 is 10.8 Å². The van der Waals surface area contributed by atoms with Crippen LogP contribution in [0.15, 0.2) is 66.7 Å². The van der Waals surface area contributed by atoms with Crippen LogP contribution in [0.25, 0.3) is 33.0 Å². The number of halogens is 7. The first-order valence-electron chi connectivity index (χ1n) is 10.6. The minimum Gasteiger partial charge on any atom is -0.489 e. The van der Waals surface area contributed by atoms with E-state index in [-0.39, 0.29) is 39.8 Å². The molecule has 0 fully saturated rings. The Hall–Kier alpha value is -4.01. The third-order valence-corrected chi connectivity index (χ3v) is 5.36. The zero-order valence-corrected chi connectivity index (χ0v) is 18.6. The number of alkyl halides is 2. The fraction of sp³-hybridized carbons (Fsp3) is 0.111. The summed E-state index contributed by atoms with van der Waals surface area (Å²) in [7, 11) is 0. The summed E-state index contributed by atoms with van der Waals surface area (Å²) in [5.41, 5.74) is -0.718.